The summed E-state index contributed by atoms with van der Waals surface area (Å²) in [7, 11) is 0. The molecule has 140 valence electrons. The van der Waals surface area contributed by atoms with Gasteiger partial charge < -0.3 is 14.2 Å². The first-order valence-corrected chi connectivity index (χ1v) is 8.61. The fourth-order valence-electron chi connectivity index (χ4n) is 3.23. The molecule has 6 heteroatoms. The van der Waals surface area contributed by atoms with E-state index in [2.05, 4.69) is 6.92 Å². The van der Waals surface area contributed by atoms with Crippen molar-refractivity contribution in [2.24, 2.45) is 0 Å². The van der Waals surface area contributed by atoms with Crippen LogP contribution in [0.5, 0.6) is 17.2 Å². The largest absolute Gasteiger partial charge is 0.388 e. The Labute approximate surface area is 168 Å². The van der Waals surface area contributed by atoms with E-state index in [0.29, 0.717) is 17.2 Å². The summed E-state index contributed by atoms with van der Waals surface area (Å²) in [5, 5.41) is 26.1. The van der Waals surface area contributed by atoms with Crippen LogP contribution in [0.4, 0.5) is 0 Å². The van der Waals surface area contributed by atoms with E-state index in [-0.39, 0.29) is 0 Å². The van der Waals surface area contributed by atoms with Gasteiger partial charge in [-0.1, -0.05) is 36.4 Å². The van der Waals surface area contributed by atoms with Crippen LogP contribution >= 0.6 is 0 Å². The number of nitrogens with zero attached hydrogens (tertiary/aromatic N) is 3. The number of hydrogen-bond donors (Lipinski definition) is 0. The molecule has 0 fully saturated rings. The SMILES string of the molecule is CC(c1ccc(OC#N)cc1)(c1ccc(OC#N)cc1)c1ccc(OC#N)cc1. The van der Waals surface area contributed by atoms with Gasteiger partial charge in [0, 0.05) is 5.41 Å². The zero-order valence-electron chi connectivity index (χ0n) is 15.5. The Bertz CT molecular complexity index is 957. The van der Waals surface area contributed by atoms with Crippen LogP contribution in [0.3, 0.4) is 0 Å². The van der Waals surface area contributed by atoms with Crippen molar-refractivity contribution in [3.8, 4) is 36.0 Å². The second-order valence-electron chi connectivity index (χ2n) is 6.28. The summed E-state index contributed by atoms with van der Waals surface area (Å²) < 4.78 is 14.6. The topological polar surface area (TPSA) is 99.1 Å². The zero-order chi connectivity index (χ0) is 20.7. The van der Waals surface area contributed by atoms with Crippen molar-refractivity contribution in [3.63, 3.8) is 0 Å². The molecule has 0 aliphatic rings. The minimum absolute atomic E-state index is 0.453. The summed E-state index contributed by atoms with van der Waals surface area (Å²) in [6.07, 6.45) is 4.98. The second-order valence-corrected chi connectivity index (χ2v) is 6.28. The summed E-state index contributed by atoms with van der Waals surface area (Å²) in [5.74, 6) is 1.36. The summed E-state index contributed by atoms with van der Waals surface area (Å²) in [4.78, 5) is 0. The fourth-order valence-corrected chi connectivity index (χ4v) is 3.23. The van der Waals surface area contributed by atoms with Crippen molar-refractivity contribution in [1.29, 1.82) is 15.8 Å². The van der Waals surface area contributed by atoms with Gasteiger partial charge in [-0.25, -0.2) is 0 Å². The molecule has 29 heavy (non-hydrogen) atoms. The molecule has 0 saturated carbocycles. The molecule has 0 heterocycles. The predicted molar refractivity (Wildman–Crippen MR) is 104 cm³/mol. The van der Waals surface area contributed by atoms with Gasteiger partial charge in [-0.2, -0.15) is 0 Å². The van der Waals surface area contributed by atoms with Crippen molar-refractivity contribution < 1.29 is 14.2 Å². The van der Waals surface area contributed by atoms with Gasteiger partial charge in [0.25, 0.3) is 18.8 Å². The fraction of sp³-hybridized carbons (Fsp3) is 0.0870. The Morgan fingerprint density at radius 2 is 0.759 bits per heavy atom. The van der Waals surface area contributed by atoms with Gasteiger partial charge in [-0.05, 0) is 60.0 Å². The summed E-state index contributed by atoms with van der Waals surface area (Å²) in [6, 6.07) is 21.8. The average Bonchev–Trinajstić information content (AvgIpc) is 2.75. The van der Waals surface area contributed by atoms with Crippen molar-refractivity contribution in [1.82, 2.24) is 0 Å². The Balaban J connectivity index is 2.11. The highest BCUT2D eigenvalue weighted by Gasteiger charge is 2.31. The molecule has 0 radical (unpaired) electrons. The predicted octanol–water partition coefficient (Wildman–Crippen LogP) is 4.62. The lowest BCUT2D eigenvalue weighted by molar-refractivity contribution is 0.505. The quantitative estimate of drug-likeness (QED) is 0.456. The molecular formula is C23H15N3O3. The van der Waals surface area contributed by atoms with Crippen LogP contribution in [0.25, 0.3) is 0 Å². The molecule has 3 aromatic rings. The molecule has 0 N–H and O–H groups in total. The molecule has 0 aromatic heterocycles. The third-order valence-corrected chi connectivity index (χ3v) is 4.79. The molecule has 0 atom stereocenters. The minimum atomic E-state index is -0.568. The third-order valence-electron chi connectivity index (χ3n) is 4.79. The van der Waals surface area contributed by atoms with Gasteiger partial charge >= 0.3 is 0 Å². The number of nitriles is 3. The van der Waals surface area contributed by atoms with E-state index >= 15 is 0 Å². The highest BCUT2D eigenvalue weighted by Crippen LogP contribution is 2.40. The van der Waals surface area contributed by atoms with Gasteiger partial charge in [0.05, 0.1) is 0 Å². The Hall–Kier alpha value is -4.47. The number of benzene rings is 3. The van der Waals surface area contributed by atoms with E-state index in [9.17, 15) is 0 Å². The Morgan fingerprint density at radius 3 is 0.966 bits per heavy atom. The normalized spacial score (nSPS) is 10.1. The molecule has 3 aromatic carbocycles. The zero-order valence-corrected chi connectivity index (χ0v) is 15.5. The number of ether oxygens (including phenoxy) is 3. The molecule has 0 aliphatic carbocycles. The first-order chi connectivity index (χ1) is 14.1. The average molecular weight is 381 g/mol. The van der Waals surface area contributed by atoms with Gasteiger partial charge in [-0.3, -0.25) is 0 Å². The summed E-state index contributed by atoms with van der Waals surface area (Å²) >= 11 is 0. The van der Waals surface area contributed by atoms with Crippen LogP contribution in [-0.2, 0) is 5.41 Å². The molecule has 0 bridgehead atoms. The maximum Gasteiger partial charge on any atom is 0.292 e. The van der Waals surface area contributed by atoms with E-state index in [1.807, 2.05) is 36.4 Å². The van der Waals surface area contributed by atoms with Crippen LogP contribution in [-0.4, -0.2) is 0 Å². The van der Waals surface area contributed by atoms with Crippen molar-refractivity contribution in [2.45, 2.75) is 12.3 Å². The molecule has 0 aliphatic heterocycles. The lowest BCUT2D eigenvalue weighted by Gasteiger charge is -2.32. The molecule has 0 unspecified atom stereocenters. The van der Waals surface area contributed by atoms with Crippen LogP contribution in [0, 0.1) is 34.6 Å². The summed E-state index contributed by atoms with van der Waals surface area (Å²) in [6.45, 7) is 2.06. The first-order valence-electron chi connectivity index (χ1n) is 8.61. The minimum Gasteiger partial charge on any atom is -0.388 e. The number of hydrogen-bond acceptors (Lipinski definition) is 6. The second kappa shape index (κ2) is 8.48. The Kier molecular flexibility index (Phi) is 5.64. The van der Waals surface area contributed by atoms with Gasteiger partial charge in [0.1, 0.15) is 17.2 Å². The highest BCUT2D eigenvalue weighted by atomic mass is 16.5. The van der Waals surface area contributed by atoms with Crippen LogP contribution in [0.2, 0.25) is 0 Å². The first kappa shape index (κ1) is 19.3. The van der Waals surface area contributed by atoms with E-state index in [4.69, 9.17) is 30.0 Å². The smallest absolute Gasteiger partial charge is 0.292 e. The van der Waals surface area contributed by atoms with E-state index in [1.165, 1.54) is 0 Å². The van der Waals surface area contributed by atoms with Crippen molar-refractivity contribution >= 4 is 0 Å². The standard InChI is InChI=1S/C23H15N3O3/c1-23(17-2-8-20(9-3-17)27-14-24,18-4-10-21(11-5-18)28-15-25)19-6-12-22(13-7-19)29-16-26/h2-13H,1H3. The summed E-state index contributed by atoms with van der Waals surface area (Å²) in [5.41, 5.74) is 2.32. The van der Waals surface area contributed by atoms with E-state index in [0.717, 1.165) is 16.7 Å². The van der Waals surface area contributed by atoms with Gasteiger partial charge in [0.15, 0.2) is 0 Å². The lowest BCUT2D eigenvalue weighted by atomic mass is 9.71. The maximum absolute atomic E-state index is 8.70. The molecule has 0 saturated heterocycles. The van der Waals surface area contributed by atoms with Gasteiger partial charge in [0.2, 0.25) is 0 Å². The van der Waals surface area contributed by atoms with E-state index < -0.39 is 5.41 Å². The third kappa shape index (κ3) is 3.95. The molecule has 0 spiro atoms. The van der Waals surface area contributed by atoms with Crippen molar-refractivity contribution in [2.75, 3.05) is 0 Å². The van der Waals surface area contributed by atoms with Gasteiger partial charge in [-0.15, -0.1) is 15.8 Å². The van der Waals surface area contributed by atoms with Crippen LogP contribution in [0.15, 0.2) is 72.8 Å². The van der Waals surface area contributed by atoms with Crippen LogP contribution in [0.1, 0.15) is 23.6 Å². The van der Waals surface area contributed by atoms with Crippen molar-refractivity contribution in [3.05, 3.63) is 89.5 Å². The highest BCUT2D eigenvalue weighted by molar-refractivity contribution is 5.52. The molecule has 0 amide bonds. The maximum atomic E-state index is 8.70. The monoisotopic (exact) mass is 381 g/mol. The lowest BCUT2D eigenvalue weighted by Crippen LogP contribution is -2.25. The number of rotatable bonds is 6. The molecular weight excluding hydrogens is 366 g/mol. The van der Waals surface area contributed by atoms with Crippen LogP contribution < -0.4 is 14.2 Å². The molecule has 6 nitrogen and oxygen atoms in total. The van der Waals surface area contributed by atoms with E-state index in [1.54, 1.807) is 55.2 Å². The molecule has 3 rings (SSSR count). The Morgan fingerprint density at radius 1 is 0.517 bits per heavy atom.